The first-order chi connectivity index (χ1) is 21.3. The SMILES string of the molecule is CC(=O)OCCS(=O)(=O)Nc1ccc(C(=O)Nc2cc3c(c(N4CCC(F)(F)CC4)n2)N(C)CC3)c(N2CCC3(CC2)CC3)c1. The van der Waals surface area contributed by atoms with Crippen molar-refractivity contribution >= 4 is 50.6 Å². The highest BCUT2D eigenvalue weighted by Crippen LogP contribution is 2.54. The van der Waals surface area contributed by atoms with Crippen LogP contribution in [0.25, 0.3) is 0 Å². The molecule has 4 aliphatic rings. The van der Waals surface area contributed by atoms with Gasteiger partial charge in [-0.1, -0.05) is 0 Å². The molecule has 2 saturated heterocycles. The lowest BCUT2D eigenvalue weighted by Gasteiger charge is -2.35. The summed E-state index contributed by atoms with van der Waals surface area (Å²) in [5.41, 5.74) is 3.60. The van der Waals surface area contributed by atoms with Crippen LogP contribution in [-0.2, 0) is 26.0 Å². The number of amides is 1. The van der Waals surface area contributed by atoms with Gasteiger partial charge in [0.15, 0.2) is 5.82 Å². The van der Waals surface area contributed by atoms with Crippen molar-refractivity contribution in [2.45, 2.75) is 57.8 Å². The normalized spacial score (nSPS) is 20.1. The minimum absolute atomic E-state index is 0.177. The molecule has 0 atom stereocenters. The van der Waals surface area contributed by atoms with E-state index in [4.69, 9.17) is 9.72 Å². The highest BCUT2D eigenvalue weighted by Gasteiger charge is 2.45. The number of aromatic nitrogens is 1. The largest absolute Gasteiger partial charge is 0.465 e. The minimum atomic E-state index is -3.81. The number of nitrogens with one attached hydrogen (secondary N) is 2. The summed E-state index contributed by atoms with van der Waals surface area (Å²) < 4.78 is 60.6. The molecule has 1 aliphatic carbocycles. The van der Waals surface area contributed by atoms with Crippen LogP contribution in [0.1, 0.15) is 61.4 Å². The third kappa shape index (κ3) is 7.10. The zero-order chi connectivity index (χ0) is 32.0. The van der Waals surface area contributed by atoms with Crippen molar-refractivity contribution in [3.05, 3.63) is 35.4 Å². The Morgan fingerprint density at radius 3 is 2.33 bits per heavy atom. The van der Waals surface area contributed by atoms with Gasteiger partial charge in [-0.15, -0.1) is 0 Å². The first-order valence-corrected chi connectivity index (χ1v) is 17.2. The van der Waals surface area contributed by atoms with E-state index in [0.717, 1.165) is 50.1 Å². The van der Waals surface area contributed by atoms with Crippen molar-refractivity contribution in [2.75, 3.05) is 76.9 Å². The van der Waals surface area contributed by atoms with Gasteiger partial charge in [-0.05, 0) is 67.3 Å². The number of hydrogen-bond acceptors (Lipinski definition) is 9. The Labute approximate surface area is 262 Å². The number of pyridine rings is 1. The average molecular weight is 647 g/mol. The van der Waals surface area contributed by atoms with E-state index in [1.807, 2.05) is 18.0 Å². The molecule has 6 rings (SSSR count). The molecule has 0 radical (unpaired) electrons. The molecule has 11 nitrogen and oxygen atoms in total. The van der Waals surface area contributed by atoms with Crippen molar-refractivity contribution in [3.63, 3.8) is 0 Å². The van der Waals surface area contributed by atoms with Crippen molar-refractivity contribution in [3.8, 4) is 0 Å². The fourth-order valence-electron chi connectivity index (χ4n) is 6.57. The van der Waals surface area contributed by atoms with Crippen LogP contribution in [0.2, 0.25) is 0 Å². The van der Waals surface area contributed by atoms with E-state index < -0.39 is 33.6 Å². The highest BCUT2D eigenvalue weighted by atomic mass is 32.2. The van der Waals surface area contributed by atoms with Crippen LogP contribution in [-0.4, -0.2) is 83.3 Å². The lowest BCUT2D eigenvalue weighted by atomic mass is 9.93. The third-order valence-corrected chi connectivity index (χ3v) is 10.7. The van der Waals surface area contributed by atoms with Crippen molar-refractivity contribution in [2.24, 2.45) is 5.41 Å². The summed E-state index contributed by atoms with van der Waals surface area (Å²) in [6.45, 7) is 3.56. The molecule has 0 bridgehead atoms. The summed E-state index contributed by atoms with van der Waals surface area (Å²) in [5.74, 6) is -3.09. The summed E-state index contributed by atoms with van der Waals surface area (Å²) in [6.07, 6.45) is 4.70. The van der Waals surface area contributed by atoms with Crippen molar-refractivity contribution in [1.29, 1.82) is 0 Å². The van der Waals surface area contributed by atoms with E-state index in [2.05, 4.69) is 19.8 Å². The van der Waals surface area contributed by atoms with Gasteiger partial charge < -0.3 is 24.8 Å². The second kappa shape index (κ2) is 11.9. The third-order valence-electron chi connectivity index (χ3n) is 9.48. The molecule has 2 aromatic rings. The number of ether oxygens (including phenoxy) is 1. The molecular formula is C31H40F2N6O5S. The Balaban J connectivity index is 1.26. The molecule has 1 saturated carbocycles. The van der Waals surface area contributed by atoms with Crippen LogP contribution in [0.4, 0.5) is 37.5 Å². The van der Waals surface area contributed by atoms with Gasteiger partial charge in [-0.2, -0.15) is 0 Å². The number of likely N-dealkylation sites (N-methyl/N-ethyl adjacent to an activating group) is 1. The van der Waals surface area contributed by atoms with Gasteiger partial charge >= 0.3 is 5.97 Å². The van der Waals surface area contributed by atoms with E-state index >= 15 is 0 Å². The van der Waals surface area contributed by atoms with Crippen LogP contribution >= 0.6 is 0 Å². The van der Waals surface area contributed by atoms with Gasteiger partial charge in [0, 0.05) is 59.5 Å². The molecule has 1 spiro atoms. The monoisotopic (exact) mass is 646 g/mol. The van der Waals surface area contributed by atoms with Crippen molar-refractivity contribution < 1.29 is 31.5 Å². The topological polar surface area (TPSA) is 124 Å². The van der Waals surface area contributed by atoms with Gasteiger partial charge in [-0.25, -0.2) is 22.2 Å². The number of piperidine rings is 2. The smallest absolute Gasteiger partial charge is 0.302 e. The maximum Gasteiger partial charge on any atom is 0.302 e. The van der Waals surface area contributed by atoms with Gasteiger partial charge in [-0.3, -0.25) is 14.3 Å². The average Bonchev–Trinajstić information content (AvgIpc) is 3.63. The van der Waals surface area contributed by atoms with Gasteiger partial charge in [0.05, 0.1) is 22.6 Å². The summed E-state index contributed by atoms with van der Waals surface area (Å²) >= 11 is 0. The van der Waals surface area contributed by atoms with Gasteiger partial charge in [0.25, 0.3) is 11.8 Å². The number of fused-ring (bicyclic) bond motifs is 1. The predicted molar refractivity (Wildman–Crippen MR) is 169 cm³/mol. The molecule has 45 heavy (non-hydrogen) atoms. The molecule has 244 valence electrons. The van der Waals surface area contributed by atoms with Crippen molar-refractivity contribution in [1.82, 2.24) is 4.98 Å². The molecule has 3 fully saturated rings. The van der Waals surface area contributed by atoms with E-state index in [1.54, 1.807) is 18.2 Å². The summed E-state index contributed by atoms with van der Waals surface area (Å²) in [6, 6.07) is 6.67. The molecular weight excluding hydrogens is 606 g/mol. The molecule has 1 amide bonds. The molecule has 1 aromatic carbocycles. The standard InChI is InChI=1S/C31H40F2N6O5S/c1-21(40)44-17-18-45(42,43)36-23-3-4-24(25(20-23)38-13-8-30(6-7-30)9-14-38)29(41)35-26-19-22-5-12-37(2)27(22)28(34-26)39-15-10-31(32,33)11-16-39/h3-4,19-20,36H,5-18H2,1-2H3,(H,34,35,41). The highest BCUT2D eigenvalue weighted by molar-refractivity contribution is 7.92. The number of sulfonamides is 1. The molecule has 14 heteroatoms. The Morgan fingerprint density at radius 1 is 0.978 bits per heavy atom. The molecule has 4 heterocycles. The van der Waals surface area contributed by atoms with E-state index in [1.165, 1.54) is 19.8 Å². The first-order valence-electron chi connectivity index (χ1n) is 15.5. The van der Waals surface area contributed by atoms with Crippen LogP contribution in [0.3, 0.4) is 0 Å². The summed E-state index contributed by atoms with van der Waals surface area (Å²) in [5, 5.41) is 2.96. The zero-order valence-electron chi connectivity index (χ0n) is 25.7. The molecule has 3 aliphatic heterocycles. The molecule has 2 N–H and O–H groups in total. The number of carbonyl (C=O) groups is 2. The van der Waals surface area contributed by atoms with Crippen LogP contribution in [0.15, 0.2) is 24.3 Å². The number of alkyl halides is 2. The second-order valence-electron chi connectivity index (χ2n) is 12.8. The lowest BCUT2D eigenvalue weighted by Crippen LogP contribution is -2.40. The first kappa shape index (κ1) is 31.3. The number of halogens is 2. The molecule has 0 unspecified atom stereocenters. The maximum atomic E-state index is 13.9. The van der Waals surface area contributed by atoms with Crippen LogP contribution in [0.5, 0.6) is 0 Å². The number of carbonyl (C=O) groups excluding carboxylic acids is 2. The molecule has 1 aromatic heterocycles. The minimum Gasteiger partial charge on any atom is -0.465 e. The fraction of sp³-hybridized carbons (Fsp3) is 0.581. The Morgan fingerprint density at radius 2 is 1.67 bits per heavy atom. The number of hydrogen-bond donors (Lipinski definition) is 2. The van der Waals surface area contributed by atoms with Gasteiger partial charge in [0.1, 0.15) is 18.2 Å². The lowest BCUT2D eigenvalue weighted by molar-refractivity contribution is -0.140. The fourth-order valence-corrected chi connectivity index (χ4v) is 7.46. The Kier molecular flexibility index (Phi) is 8.29. The second-order valence-corrected chi connectivity index (χ2v) is 14.6. The van der Waals surface area contributed by atoms with Crippen LogP contribution in [0, 0.1) is 5.41 Å². The van der Waals surface area contributed by atoms with E-state index in [-0.39, 0.29) is 32.5 Å². The number of nitrogens with zero attached hydrogens (tertiary/aromatic N) is 4. The number of esters is 1. The number of benzene rings is 1. The predicted octanol–water partition coefficient (Wildman–Crippen LogP) is 4.25. The quantitative estimate of drug-likeness (QED) is 0.385. The van der Waals surface area contributed by atoms with Gasteiger partial charge in [0.2, 0.25) is 10.0 Å². The number of anilines is 5. The van der Waals surface area contributed by atoms with Crippen LogP contribution < -0.4 is 24.7 Å². The Hall–Kier alpha value is -3.68. The maximum absolute atomic E-state index is 13.9. The van der Waals surface area contributed by atoms with E-state index in [0.29, 0.717) is 34.0 Å². The summed E-state index contributed by atoms with van der Waals surface area (Å²) in [7, 11) is -1.86. The number of rotatable bonds is 9. The van der Waals surface area contributed by atoms with E-state index in [9.17, 15) is 26.8 Å². The zero-order valence-corrected chi connectivity index (χ0v) is 26.5. The Bertz CT molecular complexity index is 1580. The summed E-state index contributed by atoms with van der Waals surface area (Å²) in [4.78, 5) is 35.8.